The Hall–Kier alpha value is -4.31. The molecule has 2 aromatic carbocycles. The van der Waals surface area contributed by atoms with Gasteiger partial charge in [-0.1, -0.05) is 35.4 Å². The number of aromatic nitrogens is 3. The second kappa shape index (κ2) is 9.98. The molecule has 0 aliphatic carbocycles. The van der Waals surface area contributed by atoms with E-state index in [1.54, 1.807) is 41.1 Å². The highest BCUT2D eigenvalue weighted by molar-refractivity contribution is 5.90. The molecule has 190 valence electrons. The van der Waals surface area contributed by atoms with Gasteiger partial charge in [0.05, 0.1) is 29.2 Å². The number of nitrogens with zero attached hydrogens (tertiary/aromatic N) is 3. The molecule has 3 atom stereocenters. The fourth-order valence-electron chi connectivity index (χ4n) is 4.30. The molecule has 1 aliphatic rings. The number of carbonyl (C=O) groups excluding carboxylic acids is 2. The molecule has 1 saturated heterocycles. The highest BCUT2D eigenvalue weighted by Gasteiger charge is 2.43. The van der Waals surface area contributed by atoms with Crippen molar-refractivity contribution < 1.29 is 28.2 Å². The molecule has 0 bridgehead atoms. The Morgan fingerprint density at radius 2 is 1.62 bits per heavy atom. The Labute approximate surface area is 212 Å². The maximum absolute atomic E-state index is 14.0. The molecule has 0 saturated carbocycles. The summed E-state index contributed by atoms with van der Waals surface area (Å²) in [5, 5.41) is 0.458. The van der Waals surface area contributed by atoms with Crippen molar-refractivity contribution in [3.8, 4) is 0 Å². The van der Waals surface area contributed by atoms with E-state index in [9.17, 15) is 14.0 Å². The number of ether oxygens (including phenoxy) is 3. The highest BCUT2D eigenvalue weighted by atomic mass is 19.1. The number of nitrogen functional groups attached to an aromatic ring is 1. The van der Waals surface area contributed by atoms with Crippen molar-refractivity contribution in [2.75, 3.05) is 18.9 Å². The second-order valence-electron chi connectivity index (χ2n) is 8.98. The number of esters is 2. The zero-order valence-electron chi connectivity index (χ0n) is 20.3. The SMILES string of the molecule is Cc1ccc(C(=O)OCC2OCC(n3ccc4c(N)nc(F)nc43)C2OC(=O)c2ccc(C)cc2)cc1. The van der Waals surface area contributed by atoms with E-state index in [2.05, 4.69) is 9.97 Å². The molecule has 10 heteroatoms. The van der Waals surface area contributed by atoms with Crippen LogP contribution in [0.2, 0.25) is 0 Å². The number of rotatable bonds is 6. The number of benzene rings is 2. The first-order valence-electron chi connectivity index (χ1n) is 11.7. The molecule has 0 spiro atoms. The van der Waals surface area contributed by atoms with E-state index in [-0.39, 0.29) is 24.7 Å². The average Bonchev–Trinajstić information content (AvgIpc) is 3.47. The lowest BCUT2D eigenvalue weighted by molar-refractivity contribution is -0.0307. The minimum Gasteiger partial charge on any atom is -0.459 e. The molecule has 0 amide bonds. The fraction of sp³-hybridized carbons (Fsp3) is 0.259. The Balaban J connectivity index is 1.41. The largest absolute Gasteiger partial charge is 0.459 e. The molecule has 3 unspecified atom stereocenters. The summed E-state index contributed by atoms with van der Waals surface area (Å²) in [7, 11) is 0. The number of halogens is 1. The van der Waals surface area contributed by atoms with Crippen molar-refractivity contribution in [3.63, 3.8) is 0 Å². The predicted octanol–water partition coefficient (Wildman–Crippen LogP) is 3.79. The highest BCUT2D eigenvalue weighted by Crippen LogP contribution is 2.33. The number of nitrogens with two attached hydrogens (primary N) is 1. The lowest BCUT2D eigenvalue weighted by atomic mass is 10.1. The Bertz CT molecular complexity index is 1450. The minimum absolute atomic E-state index is 0.00283. The minimum atomic E-state index is -0.972. The van der Waals surface area contributed by atoms with Gasteiger partial charge in [-0.25, -0.2) is 9.59 Å². The first-order valence-corrected chi connectivity index (χ1v) is 11.7. The number of hydrogen-bond acceptors (Lipinski definition) is 8. The number of anilines is 1. The van der Waals surface area contributed by atoms with Gasteiger partial charge >= 0.3 is 18.0 Å². The first-order chi connectivity index (χ1) is 17.8. The smallest absolute Gasteiger partial charge is 0.338 e. The van der Waals surface area contributed by atoms with Crippen LogP contribution in [0.4, 0.5) is 10.2 Å². The lowest BCUT2D eigenvalue weighted by Gasteiger charge is -2.24. The van der Waals surface area contributed by atoms with Crippen LogP contribution in [0, 0.1) is 19.9 Å². The maximum Gasteiger partial charge on any atom is 0.338 e. The summed E-state index contributed by atoms with van der Waals surface area (Å²) < 4.78 is 33.0. The topological polar surface area (TPSA) is 119 Å². The molecule has 3 heterocycles. The van der Waals surface area contributed by atoms with Gasteiger partial charge in [-0.15, -0.1) is 0 Å². The summed E-state index contributed by atoms with van der Waals surface area (Å²) in [6, 6.07) is 15.0. The zero-order valence-corrected chi connectivity index (χ0v) is 20.3. The molecule has 5 rings (SSSR count). The van der Waals surface area contributed by atoms with Gasteiger partial charge in [0.1, 0.15) is 24.2 Å². The van der Waals surface area contributed by atoms with Gasteiger partial charge in [0.25, 0.3) is 0 Å². The van der Waals surface area contributed by atoms with Crippen LogP contribution in [-0.2, 0) is 14.2 Å². The van der Waals surface area contributed by atoms with Crippen LogP contribution in [0.15, 0.2) is 60.8 Å². The summed E-state index contributed by atoms with van der Waals surface area (Å²) >= 11 is 0. The average molecular weight is 505 g/mol. The van der Waals surface area contributed by atoms with E-state index in [4.69, 9.17) is 19.9 Å². The van der Waals surface area contributed by atoms with Crippen molar-refractivity contribution in [2.45, 2.75) is 32.1 Å². The molecule has 4 aromatic rings. The van der Waals surface area contributed by atoms with Gasteiger partial charge in [-0.05, 0) is 44.2 Å². The Kier molecular flexibility index (Phi) is 6.58. The number of carbonyl (C=O) groups is 2. The normalized spacial score (nSPS) is 19.2. The first kappa shape index (κ1) is 24.4. The summed E-state index contributed by atoms with van der Waals surface area (Å²) in [6.07, 6.45) is -0.943. The number of hydrogen-bond donors (Lipinski definition) is 1. The van der Waals surface area contributed by atoms with Gasteiger partial charge in [-0.3, -0.25) is 0 Å². The quantitative estimate of drug-likeness (QED) is 0.311. The molecule has 1 fully saturated rings. The van der Waals surface area contributed by atoms with E-state index in [1.807, 2.05) is 38.1 Å². The molecule has 37 heavy (non-hydrogen) atoms. The van der Waals surface area contributed by atoms with Crippen molar-refractivity contribution in [3.05, 3.63) is 89.1 Å². The maximum atomic E-state index is 14.0. The van der Waals surface area contributed by atoms with E-state index < -0.39 is 36.3 Å². The van der Waals surface area contributed by atoms with Crippen molar-refractivity contribution in [2.24, 2.45) is 0 Å². The standard InChI is InChI=1S/C27H25FN4O5/c1-15-3-7-17(8-4-15)25(33)36-14-21-22(37-26(34)18-9-5-16(2)6-10-18)20(13-35-21)32-12-11-19-23(29)30-27(28)31-24(19)32/h3-12,20-22H,13-14H2,1-2H3,(H2,29,30,31). The van der Waals surface area contributed by atoms with Crippen LogP contribution in [0.1, 0.15) is 37.9 Å². The monoisotopic (exact) mass is 504 g/mol. The molecule has 0 radical (unpaired) electrons. The van der Waals surface area contributed by atoms with Gasteiger partial charge in [0, 0.05) is 6.20 Å². The third kappa shape index (κ3) is 5.01. The molecular weight excluding hydrogens is 479 g/mol. The molecule has 9 nitrogen and oxygen atoms in total. The predicted molar refractivity (Wildman–Crippen MR) is 133 cm³/mol. The van der Waals surface area contributed by atoms with Crippen molar-refractivity contribution >= 4 is 28.8 Å². The molecule has 2 N–H and O–H groups in total. The Morgan fingerprint density at radius 3 is 2.27 bits per heavy atom. The number of fused-ring (bicyclic) bond motifs is 1. The van der Waals surface area contributed by atoms with Crippen LogP contribution in [0.3, 0.4) is 0 Å². The fourth-order valence-corrected chi connectivity index (χ4v) is 4.30. The summed E-state index contributed by atoms with van der Waals surface area (Å²) in [5.41, 5.74) is 8.88. The van der Waals surface area contributed by atoms with Gasteiger partial charge in [0.2, 0.25) is 0 Å². The van der Waals surface area contributed by atoms with Crippen LogP contribution in [0.25, 0.3) is 11.0 Å². The van der Waals surface area contributed by atoms with E-state index in [1.165, 1.54) is 0 Å². The molecular formula is C27H25FN4O5. The molecule has 1 aliphatic heterocycles. The lowest BCUT2D eigenvalue weighted by Crippen LogP contribution is -2.36. The number of aryl methyl sites for hydroxylation is 2. The van der Waals surface area contributed by atoms with Crippen LogP contribution >= 0.6 is 0 Å². The van der Waals surface area contributed by atoms with Crippen molar-refractivity contribution in [1.29, 1.82) is 0 Å². The Morgan fingerprint density at radius 1 is 1.00 bits per heavy atom. The van der Waals surface area contributed by atoms with Crippen LogP contribution in [-0.4, -0.2) is 51.9 Å². The van der Waals surface area contributed by atoms with Crippen LogP contribution < -0.4 is 5.73 Å². The third-order valence-electron chi connectivity index (χ3n) is 6.35. The van der Waals surface area contributed by atoms with Crippen LogP contribution in [0.5, 0.6) is 0 Å². The van der Waals surface area contributed by atoms with E-state index >= 15 is 0 Å². The van der Waals surface area contributed by atoms with Crippen molar-refractivity contribution in [1.82, 2.24) is 14.5 Å². The molecule has 2 aromatic heterocycles. The summed E-state index contributed by atoms with van der Waals surface area (Å²) in [5.74, 6) is -1.09. The summed E-state index contributed by atoms with van der Waals surface area (Å²) in [4.78, 5) is 33.1. The second-order valence-corrected chi connectivity index (χ2v) is 8.98. The zero-order chi connectivity index (χ0) is 26.1. The van der Waals surface area contributed by atoms with Gasteiger partial charge in [-0.2, -0.15) is 14.4 Å². The third-order valence-corrected chi connectivity index (χ3v) is 6.35. The van der Waals surface area contributed by atoms with Gasteiger partial charge in [0.15, 0.2) is 6.10 Å². The van der Waals surface area contributed by atoms with E-state index in [0.29, 0.717) is 16.5 Å². The van der Waals surface area contributed by atoms with E-state index in [0.717, 1.165) is 11.1 Å². The summed E-state index contributed by atoms with van der Waals surface area (Å²) in [6.45, 7) is 3.79. The van der Waals surface area contributed by atoms with Gasteiger partial charge < -0.3 is 24.5 Å².